The molecule has 0 bridgehead atoms. The molecule has 3 aromatic rings. The molecule has 0 fully saturated rings. The number of fused-ring (bicyclic) bond motifs is 2. The molecular weight excluding hydrogens is 342 g/mol. The molecular formula is C21H21N3O3. The van der Waals surface area contributed by atoms with Crippen molar-refractivity contribution in [3.05, 3.63) is 70.0 Å². The van der Waals surface area contributed by atoms with Gasteiger partial charge in [-0.15, -0.1) is 6.58 Å². The van der Waals surface area contributed by atoms with Crippen LogP contribution in [0, 0.1) is 13.8 Å². The monoisotopic (exact) mass is 363 g/mol. The molecule has 0 spiro atoms. The molecule has 1 aromatic carbocycles. The number of carbonyl (C=O) groups excluding carboxylic acids is 1. The quantitative estimate of drug-likeness (QED) is 0.669. The maximum Gasteiger partial charge on any atom is 0.265 e. The van der Waals surface area contributed by atoms with Gasteiger partial charge >= 0.3 is 0 Å². The van der Waals surface area contributed by atoms with Crippen molar-refractivity contribution in [2.45, 2.75) is 33.2 Å². The summed E-state index contributed by atoms with van der Waals surface area (Å²) in [6, 6.07) is 6.10. The van der Waals surface area contributed by atoms with Crippen molar-refractivity contribution in [2.75, 3.05) is 11.4 Å². The predicted molar refractivity (Wildman–Crippen MR) is 104 cm³/mol. The molecule has 0 saturated carbocycles. The van der Waals surface area contributed by atoms with Crippen LogP contribution in [0.3, 0.4) is 0 Å². The van der Waals surface area contributed by atoms with E-state index in [2.05, 4.69) is 17.6 Å². The SMILES string of the molecule is C=CCn1cnc2oc(C)c(C(=O)N3CCCc4cc(C)ccc43)c2c1=O. The topological polar surface area (TPSA) is 68.3 Å². The summed E-state index contributed by atoms with van der Waals surface area (Å²) in [6.07, 6.45) is 4.87. The van der Waals surface area contributed by atoms with E-state index in [4.69, 9.17) is 4.42 Å². The first-order valence-electron chi connectivity index (χ1n) is 9.02. The minimum atomic E-state index is -0.291. The molecule has 4 rings (SSSR count). The zero-order valence-electron chi connectivity index (χ0n) is 15.5. The van der Waals surface area contributed by atoms with Crippen LogP contribution >= 0.6 is 0 Å². The number of rotatable bonds is 3. The fourth-order valence-corrected chi connectivity index (χ4v) is 3.74. The van der Waals surface area contributed by atoms with Gasteiger partial charge < -0.3 is 9.32 Å². The summed E-state index contributed by atoms with van der Waals surface area (Å²) < 4.78 is 7.06. The first-order valence-corrected chi connectivity index (χ1v) is 9.02. The highest BCUT2D eigenvalue weighted by atomic mass is 16.3. The van der Waals surface area contributed by atoms with E-state index in [1.165, 1.54) is 16.5 Å². The first kappa shape index (κ1) is 17.3. The van der Waals surface area contributed by atoms with Gasteiger partial charge in [-0.2, -0.15) is 0 Å². The molecule has 3 heterocycles. The Morgan fingerprint density at radius 1 is 1.37 bits per heavy atom. The summed E-state index contributed by atoms with van der Waals surface area (Å²) in [6.45, 7) is 8.34. The number of aromatic nitrogens is 2. The average Bonchev–Trinajstić information content (AvgIpc) is 2.99. The minimum absolute atomic E-state index is 0.197. The van der Waals surface area contributed by atoms with Crippen LogP contribution in [0.25, 0.3) is 11.1 Å². The third kappa shape index (κ3) is 2.77. The number of hydrogen-bond acceptors (Lipinski definition) is 4. The number of nitrogens with zero attached hydrogens (tertiary/aromatic N) is 3. The highest BCUT2D eigenvalue weighted by molar-refractivity contribution is 6.14. The van der Waals surface area contributed by atoms with Gasteiger partial charge in [0.15, 0.2) is 0 Å². The van der Waals surface area contributed by atoms with Crippen molar-refractivity contribution in [2.24, 2.45) is 0 Å². The van der Waals surface area contributed by atoms with E-state index in [-0.39, 0.29) is 22.6 Å². The summed E-state index contributed by atoms with van der Waals surface area (Å²) in [5.74, 6) is 0.196. The Balaban J connectivity index is 1.87. The molecule has 0 atom stereocenters. The van der Waals surface area contributed by atoms with E-state index in [0.29, 0.717) is 24.4 Å². The maximum atomic E-state index is 13.4. The molecule has 0 N–H and O–H groups in total. The molecule has 138 valence electrons. The lowest BCUT2D eigenvalue weighted by atomic mass is 9.98. The van der Waals surface area contributed by atoms with Gasteiger partial charge in [0.05, 0.1) is 5.56 Å². The molecule has 0 radical (unpaired) electrons. The molecule has 0 saturated heterocycles. The fourth-order valence-electron chi connectivity index (χ4n) is 3.74. The lowest BCUT2D eigenvalue weighted by molar-refractivity contribution is 0.0985. The Morgan fingerprint density at radius 3 is 2.96 bits per heavy atom. The number of amides is 1. The Bertz CT molecular complexity index is 1120. The molecule has 6 heteroatoms. The summed E-state index contributed by atoms with van der Waals surface area (Å²) in [7, 11) is 0. The van der Waals surface area contributed by atoms with E-state index in [1.807, 2.05) is 19.1 Å². The largest absolute Gasteiger partial charge is 0.442 e. The van der Waals surface area contributed by atoms with Crippen LogP contribution in [0.15, 0.2) is 46.4 Å². The van der Waals surface area contributed by atoms with E-state index in [0.717, 1.165) is 24.1 Å². The van der Waals surface area contributed by atoms with Crippen molar-refractivity contribution in [3.8, 4) is 0 Å². The van der Waals surface area contributed by atoms with E-state index in [9.17, 15) is 9.59 Å². The molecule has 0 aliphatic carbocycles. The predicted octanol–water partition coefficient (Wildman–Crippen LogP) is 3.39. The van der Waals surface area contributed by atoms with E-state index < -0.39 is 0 Å². The van der Waals surface area contributed by atoms with Gasteiger partial charge in [0, 0.05) is 18.8 Å². The van der Waals surface area contributed by atoms with Crippen molar-refractivity contribution < 1.29 is 9.21 Å². The van der Waals surface area contributed by atoms with Gasteiger partial charge in [-0.25, -0.2) is 4.98 Å². The van der Waals surface area contributed by atoms with Gasteiger partial charge in [-0.3, -0.25) is 14.2 Å². The van der Waals surface area contributed by atoms with Crippen molar-refractivity contribution in [1.29, 1.82) is 0 Å². The fraction of sp³-hybridized carbons (Fsp3) is 0.286. The Kier molecular flexibility index (Phi) is 4.18. The second kappa shape index (κ2) is 6.54. The van der Waals surface area contributed by atoms with Crippen LogP contribution in [-0.4, -0.2) is 22.0 Å². The van der Waals surface area contributed by atoms with Crippen molar-refractivity contribution in [3.63, 3.8) is 0 Å². The van der Waals surface area contributed by atoms with Crippen LogP contribution in [0.4, 0.5) is 5.69 Å². The van der Waals surface area contributed by atoms with Gasteiger partial charge in [-0.1, -0.05) is 23.8 Å². The van der Waals surface area contributed by atoms with Gasteiger partial charge in [-0.05, 0) is 38.3 Å². The standard InChI is InChI=1S/C21H21N3O3/c1-4-9-23-12-22-19-18(20(23)25)17(14(3)27-19)21(26)24-10-5-6-15-11-13(2)7-8-16(15)24/h4,7-8,11-12H,1,5-6,9-10H2,2-3H3. The van der Waals surface area contributed by atoms with Crippen LogP contribution in [0.1, 0.15) is 33.7 Å². The molecule has 1 aliphatic heterocycles. The van der Waals surface area contributed by atoms with Gasteiger partial charge in [0.25, 0.3) is 11.5 Å². The summed E-state index contributed by atoms with van der Waals surface area (Å²) >= 11 is 0. The second-order valence-electron chi connectivity index (χ2n) is 6.90. The number of furan rings is 1. The third-order valence-corrected chi connectivity index (χ3v) is 4.99. The second-order valence-corrected chi connectivity index (χ2v) is 6.90. The highest BCUT2D eigenvalue weighted by Crippen LogP contribution is 2.31. The van der Waals surface area contributed by atoms with Crippen molar-refractivity contribution in [1.82, 2.24) is 9.55 Å². The Labute approximate surface area is 156 Å². The molecule has 2 aromatic heterocycles. The lowest BCUT2D eigenvalue weighted by Gasteiger charge is -2.29. The molecule has 1 amide bonds. The summed E-state index contributed by atoms with van der Waals surface area (Å²) in [5.41, 5.74) is 3.44. The zero-order chi connectivity index (χ0) is 19.1. The molecule has 27 heavy (non-hydrogen) atoms. The van der Waals surface area contributed by atoms with Crippen LogP contribution < -0.4 is 10.5 Å². The maximum absolute atomic E-state index is 13.4. The summed E-state index contributed by atoms with van der Waals surface area (Å²) in [5, 5.41) is 0.237. The number of hydrogen-bond donors (Lipinski definition) is 0. The van der Waals surface area contributed by atoms with Crippen LogP contribution in [0.5, 0.6) is 0 Å². The molecule has 1 aliphatic rings. The lowest BCUT2D eigenvalue weighted by Crippen LogP contribution is -2.36. The number of carbonyl (C=O) groups is 1. The van der Waals surface area contributed by atoms with Gasteiger partial charge in [0.1, 0.15) is 17.5 Å². The van der Waals surface area contributed by atoms with E-state index in [1.54, 1.807) is 17.9 Å². The Hall–Kier alpha value is -3.15. The number of allylic oxidation sites excluding steroid dienone is 1. The Morgan fingerprint density at radius 2 is 2.19 bits per heavy atom. The summed E-state index contributed by atoms with van der Waals surface area (Å²) in [4.78, 5) is 32.3. The van der Waals surface area contributed by atoms with E-state index >= 15 is 0 Å². The number of benzene rings is 1. The number of anilines is 1. The zero-order valence-corrected chi connectivity index (χ0v) is 15.5. The molecule has 6 nitrogen and oxygen atoms in total. The first-order chi connectivity index (χ1) is 13.0. The van der Waals surface area contributed by atoms with Gasteiger partial charge in [0.2, 0.25) is 5.71 Å². The number of aryl methyl sites for hydroxylation is 3. The smallest absolute Gasteiger partial charge is 0.265 e. The highest BCUT2D eigenvalue weighted by Gasteiger charge is 2.30. The average molecular weight is 363 g/mol. The normalized spacial score (nSPS) is 13.6. The van der Waals surface area contributed by atoms with Crippen molar-refractivity contribution >= 4 is 22.7 Å². The van der Waals surface area contributed by atoms with Crippen LogP contribution in [0.2, 0.25) is 0 Å². The third-order valence-electron chi connectivity index (χ3n) is 4.99. The van der Waals surface area contributed by atoms with Crippen LogP contribution in [-0.2, 0) is 13.0 Å². The molecule has 0 unspecified atom stereocenters. The minimum Gasteiger partial charge on any atom is -0.442 e.